The van der Waals surface area contributed by atoms with Crippen molar-refractivity contribution in [2.75, 3.05) is 46.8 Å². The van der Waals surface area contributed by atoms with E-state index in [0.29, 0.717) is 0 Å². The second-order valence-electron chi connectivity index (χ2n) is 9.06. The normalized spacial score (nSPS) is 14.8. The maximum absolute atomic E-state index is 3.92. The van der Waals surface area contributed by atoms with E-state index in [9.17, 15) is 0 Å². The smallest absolute Gasteiger partial charge is 0.123 e. The van der Waals surface area contributed by atoms with Crippen molar-refractivity contribution in [3.63, 3.8) is 0 Å². The van der Waals surface area contributed by atoms with E-state index in [2.05, 4.69) is 85.9 Å². The molecule has 3 heterocycles. The summed E-state index contributed by atoms with van der Waals surface area (Å²) in [6.07, 6.45) is 7.93. The summed E-state index contributed by atoms with van der Waals surface area (Å²) in [4.78, 5) is 8.63. The van der Waals surface area contributed by atoms with Gasteiger partial charge in [0.25, 0.3) is 0 Å². The molecule has 34 heavy (non-hydrogen) atoms. The van der Waals surface area contributed by atoms with E-state index in [4.69, 9.17) is 0 Å². The Morgan fingerprint density at radius 2 is 1.62 bits per heavy atom. The fourth-order valence-corrected chi connectivity index (χ4v) is 4.56. The van der Waals surface area contributed by atoms with Crippen LogP contribution in [0.25, 0.3) is 16.6 Å². The van der Waals surface area contributed by atoms with Gasteiger partial charge in [-0.1, -0.05) is 24.3 Å². The number of rotatable bonds is 7. The van der Waals surface area contributed by atoms with Gasteiger partial charge in [-0.15, -0.1) is 10.2 Å². The molecule has 2 N–H and O–H groups in total. The minimum absolute atomic E-state index is 1.07. The number of nitrogens with one attached hydrogen (secondary N) is 2. The third-order valence-corrected chi connectivity index (χ3v) is 6.51. The van der Waals surface area contributed by atoms with Crippen molar-refractivity contribution in [1.29, 1.82) is 0 Å². The molecule has 5 rings (SSSR count). The van der Waals surface area contributed by atoms with Crippen molar-refractivity contribution in [2.45, 2.75) is 26.3 Å². The molecule has 2 aromatic carbocycles. The van der Waals surface area contributed by atoms with Gasteiger partial charge in [-0.3, -0.25) is 9.47 Å². The summed E-state index contributed by atoms with van der Waals surface area (Å²) in [7, 11) is 3.75. The Morgan fingerprint density at radius 1 is 0.912 bits per heavy atom. The van der Waals surface area contributed by atoms with Crippen LogP contribution in [0.2, 0.25) is 0 Å². The Hall–Kier alpha value is -3.00. The Bertz CT molecular complexity index is 1140. The third kappa shape index (κ3) is 6.11. The minimum atomic E-state index is 1.07. The van der Waals surface area contributed by atoms with Crippen LogP contribution in [0.15, 0.2) is 61.3 Å². The molecule has 180 valence electrons. The Balaban J connectivity index is 0.000000868. The van der Waals surface area contributed by atoms with Crippen LogP contribution in [-0.2, 0) is 13.0 Å². The summed E-state index contributed by atoms with van der Waals surface area (Å²) >= 11 is 0. The molecule has 0 saturated carbocycles. The molecule has 2 aromatic heterocycles. The molecule has 1 fully saturated rings. The lowest BCUT2D eigenvalue weighted by molar-refractivity contribution is 0.126. The van der Waals surface area contributed by atoms with E-state index in [1.54, 1.807) is 12.7 Å². The standard InChI is InChI=1S/C25H30N6.C2H7N/c1-20-5-2-3-6-22(20)17-30-13-11-29(12-14-30)10-4-7-21-16-26-25-9-8-23(15-24(21)25)31-18-27-28-19-31;1-3-2/h2-3,5-6,8-9,15-16,18-19,26H,4,7,10-14,17H2,1H3;3H,1-2H3. The average molecular weight is 460 g/mol. The Morgan fingerprint density at radius 3 is 2.35 bits per heavy atom. The van der Waals surface area contributed by atoms with E-state index < -0.39 is 0 Å². The third-order valence-electron chi connectivity index (χ3n) is 6.51. The number of aryl methyl sites for hydroxylation is 2. The van der Waals surface area contributed by atoms with Gasteiger partial charge in [0.2, 0.25) is 0 Å². The van der Waals surface area contributed by atoms with Crippen molar-refractivity contribution in [3.05, 3.63) is 78.0 Å². The quantitative estimate of drug-likeness (QED) is 0.442. The summed E-state index contributed by atoms with van der Waals surface area (Å²) in [6, 6.07) is 15.2. The number of hydrogen-bond donors (Lipinski definition) is 2. The van der Waals surface area contributed by atoms with Crippen LogP contribution in [0.3, 0.4) is 0 Å². The number of piperazine rings is 1. The van der Waals surface area contributed by atoms with E-state index >= 15 is 0 Å². The highest BCUT2D eigenvalue weighted by molar-refractivity contribution is 5.85. The molecular formula is C27H37N7. The highest BCUT2D eigenvalue weighted by Crippen LogP contribution is 2.23. The SMILES string of the molecule is CNC.Cc1ccccc1CN1CCN(CCCc2c[nH]c3ccc(-n4cnnc4)cc23)CC1. The minimum Gasteiger partial charge on any atom is -0.361 e. The summed E-state index contributed by atoms with van der Waals surface area (Å²) < 4.78 is 1.95. The first-order valence-electron chi connectivity index (χ1n) is 12.2. The lowest BCUT2D eigenvalue weighted by Crippen LogP contribution is -2.46. The van der Waals surface area contributed by atoms with Gasteiger partial charge in [-0.2, -0.15) is 0 Å². The zero-order valence-electron chi connectivity index (χ0n) is 20.7. The van der Waals surface area contributed by atoms with E-state index in [1.807, 2.05) is 18.7 Å². The highest BCUT2D eigenvalue weighted by Gasteiger charge is 2.17. The summed E-state index contributed by atoms with van der Waals surface area (Å²) in [5.74, 6) is 0. The number of fused-ring (bicyclic) bond motifs is 1. The number of aromatic amines is 1. The Kier molecular flexibility index (Phi) is 8.46. The summed E-state index contributed by atoms with van der Waals surface area (Å²) in [5, 5.41) is 11.9. The largest absolute Gasteiger partial charge is 0.361 e. The maximum atomic E-state index is 3.92. The molecular weight excluding hydrogens is 422 g/mol. The summed E-state index contributed by atoms with van der Waals surface area (Å²) in [6.45, 7) is 9.09. The summed E-state index contributed by atoms with van der Waals surface area (Å²) in [5.41, 5.74) is 6.54. The fraction of sp³-hybridized carbons (Fsp3) is 0.407. The molecule has 0 aliphatic carbocycles. The molecule has 7 nitrogen and oxygen atoms in total. The molecule has 0 amide bonds. The second-order valence-corrected chi connectivity index (χ2v) is 9.06. The fourth-order valence-electron chi connectivity index (χ4n) is 4.56. The molecule has 0 bridgehead atoms. The molecule has 0 spiro atoms. The van der Waals surface area contributed by atoms with Gasteiger partial charge >= 0.3 is 0 Å². The van der Waals surface area contributed by atoms with Gasteiger partial charge in [-0.25, -0.2) is 0 Å². The van der Waals surface area contributed by atoms with E-state index in [0.717, 1.165) is 51.4 Å². The predicted octanol–water partition coefficient (Wildman–Crippen LogP) is 3.64. The number of hydrogen-bond acceptors (Lipinski definition) is 5. The molecule has 0 atom stereocenters. The Labute approximate surface area is 202 Å². The van der Waals surface area contributed by atoms with Crippen molar-refractivity contribution < 1.29 is 0 Å². The molecule has 4 aromatic rings. The molecule has 1 aliphatic rings. The van der Waals surface area contributed by atoms with Crippen molar-refractivity contribution in [2.24, 2.45) is 0 Å². The van der Waals surface area contributed by atoms with Crippen LogP contribution in [0.4, 0.5) is 0 Å². The van der Waals surface area contributed by atoms with Crippen LogP contribution in [0.5, 0.6) is 0 Å². The molecule has 0 radical (unpaired) electrons. The lowest BCUT2D eigenvalue weighted by atomic mass is 10.1. The second kappa shape index (κ2) is 11.9. The zero-order valence-corrected chi connectivity index (χ0v) is 20.7. The predicted molar refractivity (Wildman–Crippen MR) is 139 cm³/mol. The van der Waals surface area contributed by atoms with Crippen molar-refractivity contribution in [3.8, 4) is 5.69 Å². The van der Waals surface area contributed by atoms with Crippen LogP contribution in [0, 0.1) is 6.92 Å². The monoisotopic (exact) mass is 459 g/mol. The van der Waals surface area contributed by atoms with E-state index in [-0.39, 0.29) is 0 Å². The first-order chi connectivity index (χ1) is 16.7. The zero-order chi connectivity index (χ0) is 23.8. The van der Waals surface area contributed by atoms with Gasteiger partial charge < -0.3 is 15.2 Å². The van der Waals surface area contributed by atoms with Crippen LogP contribution in [0.1, 0.15) is 23.1 Å². The van der Waals surface area contributed by atoms with E-state index in [1.165, 1.54) is 34.0 Å². The van der Waals surface area contributed by atoms with Gasteiger partial charge in [0.15, 0.2) is 0 Å². The number of nitrogens with zero attached hydrogens (tertiary/aromatic N) is 5. The molecule has 0 unspecified atom stereocenters. The van der Waals surface area contributed by atoms with Crippen molar-refractivity contribution >= 4 is 10.9 Å². The number of aromatic nitrogens is 4. The molecule has 1 saturated heterocycles. The first kappa shape index (κ1) is 24.1. The molecule has 1 aliphatic heterocycles. The van der Waals surface area contributed by atoms with Crippen molar-refractivity contribution in [1.82, 2.24) is 34.9 Å². The van der Waals surface area contributed by atoms with Gasteiger partial charge in [0.05, 0.1) is 0 Å². The van der Waals surface area contributed by atoms with Gasteiger partial charge in [-0.05, 0) is 75.3 Å². The average Bonchev–Trinajstić information content (AvgIpc) is 3.53. The van der Waals surface area contributed by atoms with Gasteiger partial charge in [0.1, 0.15) is 12.7 Å². The number of H-pyrrole nitrogens is 1. The first-order valence-corrected chi connectivity index (χ1v) is 12.2. The highest BCUT2D eigenvalue weighted by atomic mass is 15.3. The number of benzene rings is 2. The van der Waals surface area contributed by atoms with Crippen LogP contribution in [-0.4, -0.2) is 76.4 Å². The lowest BCUT2D eigenvalue weighted by Gasteiger charge is -2.35. The van der Waals surface area contributed by atoms with Crippen LogP contribution >= 0.6 is 0 Å². The topological polar surface area (TPSA) is 65.0 Å². The van der Waals surface area contributed by atoms with Gasteiger partial charge in [0, 0.05) is 55.5 Å². The van der Waals surface area contributed by atoms with Crippen LogP contribution < -0.4 is 5.32 Å². The molecule has 7 heteroatoms. The maximum Gasteiger partial charge on any atom is 0.123 e.